The Labute approximate surface area is 94.5 Å². The Morgan fingerprint density at radius 2 is 2.19 bits per heavy atom. The van der Waals surface area contributed by atoms with Crippen molar-refractivity contribution < 1.29 is 24.8 Å². The van der Waals surface area contributed by atoms with Gasteiger partial charge in [-0.25, -0.2) is 0 Å². The first-order valence-electron chi connectivity index (χ1n) is 5.40. The summed E-state index contributed by atoms with van der Waals surface area (Å²) in [4.78, 5) is 10.3. The molecule has 0 radical (unpaired) electrons. The van der Waals surface area contributed by atoms with Crippen LogP contribution in [0.1, 0.15) is 39.0 Å². The van der Waals surface area contributed by atoms with E-state index in [2.05, 4.69) is 9.89 Å². The minimum Gasteiger partial charge on any atom is -0.588 e. The Morgan fingerprint density at radius 3 is 2.69 bits per heavy atom. The number of hydrogen-bond donors (Lipinski definition) is 3. The van der Waals surface area contributed by atoms with Crippen LogP contribution in [0.4, 0.5) is 0 Å². The van der Waals surface area contributed by atoms with Gasteiger partial charge in [-0.2, -0.15) is 0 Å². The Balaban J connectivity index is 3.94. The average molecular weight is 233 g/mol. The van der Waals surface area contributed by atoms with Crippen LogP contribution in [0.15, 0.2) is 0 Å². The third kappa shape index (κ3) is 8.05. The molecule has 0 rings (SSSR count). The number of carbonyl (C=O) groups is 1. The summed E-state index contributed by atoms with van der Waals surface area (Å²) in [5.74, 6) is -1.45. The Kier molecular flexibility index (Phi) is 8.24. The van der Waals surface area contributed by atoms with Crippen LogP contribution in [-0.4, -0.2) is 34.7 Å². The van der Waals surface area contributed by atoms with E-state index >= 15 is 0 Å². The highest BCUT2D eigenvalue weighted by molar-refractivity contribution is 5.68. The van der Waals surface area contributed by atoms with Gasteiger partial charge < -0.3 is 20.8 Å². The molecule has 0 aliphatic rings. The van der Waals surface area contributed by atoms with Crippen LogP contribution in [-0.2, 0) is 9.37 Å². The average Bonchev–Trinajstić information content (AvgIpc) is 2.24. The fourth-order valence-electron chi connectivity index (χ4n) is 1.35. The molecule has 94 valence electrons. The standard InChI is InChI=1S/C10H19NO5/c1-2-3-4-8(7-10(14)16-15)11-6-5-9(12)13/h8,11,14H,2-7H2,1H3,(H,12,13). The normalized spacial score (nSPS) is 13.7. The topological polar surface area (TPSA) is 104 Å². The molecular formula is C10H19NO5. The molecule has 0 amide bonds. The van der Waals surface area contributed by atoms with Crippen molar-refractivity contribution in [2.45, 2.75) is 45.1 Å². The second-order valence-corrected chi connectivity index (χ2v) is 3.62. The molecule has 0 aromatic carbocycles. The lowest BCUT2D eigenvalue weighted by molar-refractivity contribution is -1.05. The van der Waals surface area contributed by atoms with Crippen molar-refractivity contribution in [1.29, 1.82) is 0 Å². The van der Waals surface area contributed by atoms with Crippen LogP contribution >= 0.6 is 0 Å². The van der Waals surface area contributed by atoms with E-state index in [1.54, 1.807) is 0 Å². The van der Waals surface area contributed by atoms with E-state index in [1.165, 1.54) is 0 Å². The number of hydrogen-bond acceptors (Lipinski definition) is 3. The van der Waals surface area contributed by atoms with E-state index in [4.69, 9.17) is 10.2 Å². The van der Waals surface area contributed by atoms with E-state index in [-0.39, 0.29) is 18.9 Å². The monoisotopic (exact) mass is 233 g/mol. The van der Waals surface area contributed by atoms with Crippen molar-refractivity contribution in [2.75, 3.05) is 6.54 Å². The molecule has 1 atom stereocenters. The molecule has 3 N–H and O–H groups in total. The highest BCUT2D eigenvalue weighted by Gasteiger charge is 2.17. The van der Waals surface area contributed by atoms with E-state index in [0.717, 1.165) is 19.3 Å². The molecule has 0 aliphatic carbocycles. The van der Waals surface area contributed by atoms with Crippen molar-refractivity contribution in [1.82, 2.24) is 5.32 Å². The molecule has 1 unspecified atom stereocenters. The van der Waals surface area contributed by atoms with Gasteiger partial charge in [0.2, 0.25) is 0 Å². The molecule has 0 heterocycles. The molecular weight excluding hydrogens is 214 g/mol. The lowest BCUT2D eigenvalue weighted by Crippen LogP contribution is -2.34. The fourth-order valence-corrected chi connectivity index (χ4v) is 1.35. The van der Waals surface area contributed by atoms with E-state index in [1.807, 2.05) is 6.92 Å². The number of nitrogens with one attached hydrogen (secondary N) is 1. The molecule has 0 aromatic heterocycles. The lowest BCUT2D eigenvalue weighted by atomic mass is 10.1. The zero-order valence-electron chi connectivity index (χ0n) is 9.44. The SMILES string of the molecule is CCCCC(CC(O)=[O+][O-])NCCC(=O)O. The van der Waals surface area contributed by atoms with Gasteiger partial charge in [0.15, 0.2) is 0 Å². The van der Waals surface area contributed by atoms with Gasteiger partial charge in [-0.3, -0.25) is 9.37 Å². The molecule has 0 aromatic rings. The maximum atomic E-state index is 10.3. The number of aliphatic hydroxyl groups excluding tert-OH is 1. The summed E-state index contributed by atoms with van der Waals surface area (Å²) in [6.45, 7) is 2.35. The first-order chi connectivity index (χ1) is 7.60. The van der Waals surface area contributed by atoms with Crippen LogP contribution in [0.3, 0.4) is 0 Å². The van der Waals surface area contributed by atoms with Gasteiger partial charge in [0.1, 0.15) is 6.42 Å². The number of unbranched alkanes of at least 4 members (excludes halogenated alkanes) is 1. The number of aliphatic carboxylic acids is 2. The molecule has 0 fully saturated rings. The molecule has 0 saturated heterocycles. The zero-order chi connectivity index (χ0) is 12.4. The first kappa shape index (κ1) is 14.7. The zero-order valence-corrected chi connectivity index (χ0v) is 9.44. The third-order valence-electron chi connectivity index (χ3n) is 2.20. The summed E-state index contributed by atoms with van der Waals surface area (Å²) in [6, 6.07) is -0.117. The van der Waals surface area contributed by atoms with Gasteiger partial charge in [-0.15, -0.1) is 0 Å². The molecule has 16 heavy (non-hydrogen) atoms. The minimum atomic E-state index is -0.880. The predicted molar refractivity (Wildman–Crippen MR) is 55.8 cm³/mol. The van der Waals surface area contributed by atoms with Crippen molar-refractivity contribution in [3.63, 3.8) is 0 Å². The Hall–Kier alpha value is -1.30. The van der Waals surface area contributed by atoms with Crippen molar-refractivity contribution in [3.05, 3.63) is 0 Å². The smallest absolute Gasteiger partial charge is 0.496 e. The summed E-state index contributed by atoms with van der Waals surface area (Å²) in [7, 11) is 0. The highest BCUT2D eigenvalue weighted by Crippen LogP contribution is 2.04. The van der Waals surface area contributed by atoms with Crippen LogP contribution in [0.5, 0.6) is 0 Å². The van der Waals surface area contributed by atoms with Crippen molar-refractivity contribution >= 4 is 11.9 Å². The highest BCUT2D eigenvalue weighted by atomic mass is 17.1. The van der Waals surface area contributed by atoms with Gasteiger partial charge in [-0.05, 0) is 6.42 Å². The molecule has 6 heteroatoms. The van der Waals surface area contributed by atoms with E-state index < -0.39 is 11.9 Å². The summed E-state index contributed by atoms with van der Waals surface area (Å²) in [5.41, 5.74) is 0. The minimum absolute atomic E-state index is 0.0155. The maximum absolute atomic E-state index is 10.3. The molecule has 6 nitrogen and oxygen atoms in total. The van der Waals surface area contributed by atoms with Crippen LogP contribution in [0.25, 0.3) is 0 Å². The first-order valence-corrected chi connectivity index (χ1v) is 5.40. The van der Waals surface area contributed by atoms with Crippen molar-refractivity contribution in [3.8, 4) is 0 Å². The van der Waals surface area contributed by atoms with Gasteiger partial charge in [-0.1, -0.05) is 19.8 Å². The second-order valence-electron chi connectivity index (χ2n) is 3.62. The predicted octanol–water partition coefficient (Wildman–Crippen LogP) is -0.105. The summed E-state index contributed by atoms with van der Waals surface area (Å²) >= 11 is 0. The summed E-state index contributed by atoms with van der Waals surface area (Å²) in [5, 5.41) is 30.3. The number of carboxylic acid groups (broad SMARTS) is 2. The van der Waals surface area contributed by atoms with Gasteiger partial charge in [0.05, 0.1) is 6.42 Å². The summed E-state index contributed by atoms with van der Waals surface area (Å²) < 4.78 is 3.45. The number of rotatable bonds is 9. The van der Waals surface area contributed by atoms with Gasteiger partial charge >= 0.3 is 11.9 Å². The van der Waals surface area contributed by atoms with Crippen LogP contribution in [0, 0.1) is 0 Å². The van der Waals surface area contributed by atoms with E-state index in [0.29, 0.717) is 6.54 Å². The molecule has 0 aliphatic heterocycles. The van der Waals surface area contributed by atoms with Crippen LogP contribution in [0.2, 0.25) is 0 Å². The maximum Gasteiger partial charge on any atom is 0.496 e. The van der Waals surface area contributed by atoms with Gasteiger partial charge in [0, 0.05) is 12.6 Å². The molecule has 0 bridgehead atoms. The quantitative estimate of drug-likeness (QED) is 0.293. The largest absolute Gasteiger partial charge is 0.588 e. The third-order valence-corrected chi connectivity index (χ3v) is 2.20. The fraction of sp³-hybridized carbons (Fsp3) is 0.800. The van der Waals surface area contributed by atoms with Gasteiger partial charge in [0.25, 0.3) is 0 Å². The Bertz CT molecular complexity index is 229. The van der Waals surface area contributed by atoms with Crippen LogP contribution < -0.4 is 10.6 Å². The summed E-state index contributed by atoms with van der Waals surface area (Å²) in [6.07, 6.45) is 2.82. The second kappa shape index (κ2) is 8.96. The molecule has 0 saturated carbocycles. The lowest BCUT2D eigenvalue weighted by Gasteiger charge is -2.14. The number of carboxylic acids is 2. The Morgan fingerprint density at radius 1 is 1.50 bits per heavy atom. The molecule has 0 spiro atoms. The van der Waals surface area contributed by atoms with E-state index in [9.17, 15) is 10.1 Å². The van der Waals surface area contributed by atoms with Crippen molar-refractivity contribution in [2.24, 2.45) is 0 Å².